The zero-order valence-corrected chi connectivity index (χ0v) is 25.1. The third kappa shape index (κ3) is 5.91. The fraction of sp³-hybridized carbons (Fsp3) is 0.433. The molecule has 10 heteroatoms. The fourth-order valence-corrected chi connectivity index (χ4v) is 5.94. The van der Waals surface area contributed by atoms with E-state index in [2.05, 4.69) is 26.1 Å². The van der Waals surface area contributed by atoms with E-state index < -0.39 is 0 Å². The highest BCUT2D eigenvalue weighted by Gasteiger charge is 2.40. The van der Waals surface area contributed by atoms with Crippen LogP contribution in [0.15, 0.2) is 42.5 Å². The number of fused-ring (bicyclic) bond motifs is 1. The van der Waals surface area contributed by atoms with Gasteiger partial charge in [-0.15, -0.1) is 11.8 Å². The van der Waals surface area contributed by atoms with E-state index >= 15 is 0 Å². The summed E-state index contributed by atoms with van der Waals surface area (Å²) in [4.78, 5) is 28.4. The first-order valence-corrected chi connectivity index (χ1v) is 14.4. The Morgan fingerprint density at radius 1 is 1.05 bits per heavy atom. The van der Waals surface area contributed by atoms with Gasteiger partial charge in [-0.05, 0) is 48.9 Å². The zero-order valence-electron chi connectivity index (χ0n) is 24.2. The summed E-state index contributed by atoms with van der Waals surface area (Å²) in [6.07, 6.45) is 0.802. The van der Waals surface area contributed by atoms with Crippen LogP contribution in [0.4, 0.5) is 5.82 Å². The number of carbonyl (C=O) groups excluding carboxylic acids is 2. The van der Waals surface area contributed by atoms with E-state index in [1.54, 1.807) is 30.9 Å². The van der Waals surface area contributed by atoms with Crippen molar-refractivity contribution < 1.29 is 23.8 Å². The number of hydrogen-bond donors (Lipinski definition) is 1. The molecule has 2 aromatic carbocycles. The van der Waals surface area contributed by atoms with E-state index in [0.29, 0.717) is 29.6 Å². The predicted octanol–water partition coefficient (Wildman–Crippen LogP) is 4.89. The van der Waals surface area contributed by atoms with Gasteiger partial charge in [-0.2, -0.15) is 5.10 Å². The van der Waals surface area contributed by atoms with Crippen LogP contribution in [0.3, 0.4) is 0 Å². The SMILES string of the molecule is CCCNC(=O)CN1C(=O)CS[C@@H](c2cc(OC)ccc2OC)c2c(C(C)(C)C)nn(-c3ccc(OC)cc3)c21. The molecule has 0 spiro atoms. The van der Waals surface area contributed by atoms with Crippen LogP contribution in [0.1, 0.15) is 56.2 Å². The lowest BCUT2D eigenvalue weighted by Gasteiger charge is -2.25. The maximum absolute atomic E-state index is 13.8. The molecule has 9 nitrogen and oxygen atoms in total. The second kappa shape index (κ2) is 12.2. The van der Waals surface area contributed by atoms with Gasteiger partial charge in [0.25, 0.3) is 0 Å². The molecule has 0 saturated carbocycles. The van der Waals surface area contributed by atoms with Crippen molar-refractivity contribution in [1.82, 2.24) is 15.1 Å². The fourth-order valence-electron chi connectivity index (χ4n) is 4.73. The average Bonchev–Trinajstić information content (AvgIpc) is 3.29. The summed E-state index contributed by atoms with van der Waals surface area (Å²) in [7, 11) is 4.87. The summed E-state index contributed by atoms with van der Waals surface area (Å²) in [5.41, 5.74) is 2.94. The van der Waals surface area contributed by atoms with Crippen molar-refractivity contribution >= 4 is 29.4 Å². The first-order valence-electron chi connectivity index (χ1n) is 13.3. The first kappa shape index (κ1) is 29.3. The van der Waals surface area contributed by atoms with Gasteiger partial charge in [-0.25, -0.2) is 4.68 Å². The van der Waals surface area contributed by atoms with Crippen LogP contribution in [0.5, 0.6) is 17.2 Å². The lowest BCUT2D eigenvalue weighted by molar-refractivity contribution is -0.122. The van der Waals surface area contributed by atoms with Gasteiger partial charge in [0.05, 0.1) is 43.7 Å². The zero-order chi connectivity index (χ0) is 29.0. The number of ether oxygens (including phenoxy) is 3. The van der Waals surface area contributed by atoms with Crippen LogP contribution in [-0.4, -0.2) is 61.8 Å². The number of thioether (sulfide) groups is 1. The maximum Gasteiger partial charge on any atom is 0.240 e. The molecule has 2 heterocycles. The van der Waals surface area contributed by atoms with Crippen molar-refractivity contribution in [1.29, 1.82) is 0 Å². The lowest BCUT2D eigenvalue weighted by Crippen LogP contribution is -2.42. The summed E-state index contributed by atoms with van der Waals surface area (Å²) >= 11 is 1.50. The Morgan fingerprint density at radius 2 is 1.73 bits per heavy atom. The molecule has 0 unspecified atom stereocenters. The third-order valence-corrected chi connectivity index (χ3v) is 7.95. The summed E-state index contributed by atoms with van der Waals surface area (Å²) in [5.74, 6) is 2.44. The molecule has 4 rings (SSSR count). The smallest absolute Gasteiger partial charge is 0.240 e. The quantitative estimate of drug-likeness (QED) is 0.394. The highest BCUT2D eigenvalue weighted by Crippen LogP contribution is 2.51. The number of rotatable bonds is 9. The molecule has 40 heavy (non-hydrogen) atoms. The van der Waals surface area contributed by atoms with Gasteiger partial charge < -0.3 is 19.5 Å². The van der Waals surface area contributed by atoms with E-state index in [1.807, 2.05) is 49.4 Å². The standard InChI is InChI=1S/C30H38N4O5S/c1-8-15-31-24(35)17-33-25(36)18-40-27(22-16-21(38-6)13-14-23(22)39-7)26-28(30(2,3)4)32-34(29(26)33)19-9-11-20(37-5)12-10-19/h9-14,16,27H,8,15,17-18H2,1-7H3,(H,31,35)/t27-/m0/s1. The largest absolute Gasteiger partial charge is 0.497 e. The van der Waals surface area contributed by atoms with E-state index in [1.165, 1.54) is 11.8 Å². The minimum Gasteiger partial charge on any atom is -0.497 e. The summed E-state index contributed by atoms with van der Waals surface area (Å²) in [6, 6.07) is 13.2. The average molecular weight is 567 g/mol. The van der Waals surface area contributed by atoms with Crippen molar-refractivity contribution in [3.05, 3.63) is 59.3 Å². The summed E-state index contributed by atoms with van der Waals surface area (Å²) in [6.45, 7) is 8.72. The molecule has 0 aliphatic carbocycles. The molecular weight excluding hydrogens is 528 g/mol. The molecule has 3 aromatic rings. The van der Waals surface area contributed by atoms with Crippen LogP contribution in [0.2, 0.25) is 0 Å². The molecule has 1 aliphatic rings. The predicted molar refractivity (Wildman–Crippen MR) is 158 cm³/mol. The van der Waals surface area contributed by atoms with Crippen molar-refractivity contribution in [3.63, 3.8) is 0 Å². The second-order valence-corrected chi connectivity index (χ2v) is 11.7. The van der Waals surface area contributed by atoms with Crippen LogP contribution in [0, 0.1) is 0 Å². The van der Waals surface area contributed by atoms with E-state index in [4.69, 9.17) is 19.3 Å². The Balaban J connectivity index is 2.03. The minimum absolute atomic E-state index is 0.111. The maximum atomic E-state index is 13.8. The highest BCUT2D eigenvalue weighted by molar-refractivity contribution is 8.00. The van der Waals surface area contributed by atoms with Gasteiger partial charge in [-0.1, -0.05) is 27.7 Å². The number of nitrogens with zero attached hydrogens (tertiary/aromatic N) is 3. The number of anilines is 1. The van der Waals surface area contributed by atoms with Crippen LogP contribution in [0.25, 0.3) is 5.69 Å². The van der Waals surface area contributed by atoms with Gasteiger partial charge in [0.2, 0.25) is 11.8 Å². The summed E-state index contributed by atoms with van der Waals surface area (Å²) < 4.78 is 18.5. The number of benzene rings is 2. The number of hydrogen-bond acceptors (Lipinski definition) is 7. The van der Waals surface area contributed by atoms with Crippen LogP contribution >= 0.6 is 11.8 Å². The number of methoxy groups -OCH3 is 3. The number of amides is 2. The van der Waals surface area contributed by atoms with Crippen molar-refractivity contribution in [3.8, 4) is 22.9 Å². The highest BCUT2D eigenvalue weighted by atomic mass is 32.2. The number of carbonyl (C=O) groups is 2. The van der Waals surface area contributed by atoms with Gasteiger partial charge >= 0.3 is 0 Å². The second-order valence-electron chi connectivity index (χ2n) is 10.6. The van der Waals surface area contributed by atoms with E-state index in [9.17, 15) is 9.59 Å². The monoisotopic (exact) mass is 566 g/mol. The van der Waals surface area contributed by atoms with Gasteiger partial charge in [0, 0.05) is 23.1 Å². The molecule has 1 N–H and O–H groups in total. The molecule has 0 fully saturated rings. The Kier molecular flexibility index (Phi) is 8.98. The molecule has 0 bridgehead atoms. The van der Waals surface area contributed by atoms with Gasteiger partial charge in [0.15, 0.2) is 0 Å². The van der Waals surface area contributed by atoms with Gasteiger partial charge in [-0.3, -0.25) is 14.5 Å². The minimum atomic E-state index is -0.379. The Labute approximate surface area is 240 Å². The lowest BCUT2D eigenvalue weighted by atomic mass is 9.87. The topological polar surface area (TPSA) is 94.9 Å². The van der Waals surface area contributed by atoms with Crippen molar-refractivity contribution in [2.24, 2.45) is 0 Å². The molecule has 1 atom stereocenters. The van der Waals surface area contributed by atoms with E-state index in [-0.39, 0.29) is 34.8 Å². The summed E-state index contributed by atoms with van der Waals surface area (Å²) in [5, 5.41) is 7.73. The number of nitrogens with one attached hydrogen (secondary N) is 1. The molecule has 1 aromatic heterocycles. The third-order valence-electron chi connectivity index (χ3n) is 6.71. The Bertz CT molecular complexity index is 1360. The van der Waals surface area contributed by atoms with Crippen molar-refractivity contribution in [2.45, 2.75) is 44.8 Å². The van der Waals surface area contributed by atoms with E-state index in [0.717, 1.165) is 28.9 Å². The van der Waals surface area contributed by atoms with Crippen LogP contribution < -0.4 is 24.4 Å². The first-order chi connectivity index (χ1) is 19.1. The van der Waals surface area contributed by atoms with Crippen molar-refractivity contribution in [2.75, 3.05) is 45.1 Å². The number of aromatic nitrogens is 2. The Hall–Kier alpha value is -3.66. The van der Waals surface area contributed by atoms with Gasteiger partial charge in [0.1, 0.15) is 29.6 Å². The normalized spacial score (nSPS) is 15.3. The molecule has 0 radical (unpaired) electrons. The van der Waals surface area contributed by atoms with Crippen LogP contribution in [-0.2, 0) is 15.0 Å². The molecular formula is C30H38N4O5S. The molecule has 214 valence electrons. The molecule has 0 saturated heterocycles. The Morgan fingerprint density at radius 3 is 2.33 bits per heavy atom. The molecule has 1 aliphatic heterocycles. The molecule has 2 amide bonds.